The molecule has 0 saturated heterocycles. The molecule has 0 spiro atoms. The molecule has 5 heteroatoms. The number of hydrogen-bond acceptors (Lipinski definition) is 3. The molecule has 0 aliphatic carbocycles. The SMILES string of the molecule is COc1cccc(F)c1[C@H](N)c1ccsc1.Cl. The van der Waals surface area contributed by atoms with Crippen LogP contribution in [0.2, 0.25) is 0 Å². The third kappa shape index (κ3) is 2.77. The minimum absolute atomic E-state index is 0. The molecular weight excluding hydrogens is 261 g/mol. The quantitative estimate of drug-likeness (QED) is 0.931. The molecule has 2 aromatic rings. The smallest absolute Gasteiger partial charge is 0.132 e. The summed E-state index contributed by atoms with van der Waals surface area (Å²) < 4.78 is 18.9. The van der Waals surface area contributed by atoms with E-state index in [4.69, 9.17) is 10.5 Å². The van der Waals surface area contributed by atoms with E-state index in [1.54, 1.807) is 12.1 Å². The molecule has 0 radical (unpaired) electrons. The van der Waals surface area contributed by atoms with Gasteiger partial charge >= 0.3 is 0 Å². The maximum atomic E-state index is 13.7. The standard InChI is InChI=1S/C12H12FNOS.ClH/c1-15-10-4-2-3-9(13)11(10)12(14)8-5-6-16-7-8;/h2-7,12H,14H2,1H3;1H/t12-;/m1./s1. The van der Waals surface area contributed by atoms with Crippen molar-refractivity contribution >= 4 is 23.7 Å². The lowest BCUT2D eigenvalue weighted by Gasteiger charge is -2.15. The molecule has 0 aliphatic heterocycles. The Morgan fingerprint density at radius 2 is 2.12 bits per heavy atom. The van der Waals surface area contributed by atoms with Crippen molar-refractivity contribution < 1.29 is 9.13 Å². The molecule has 1 atom stereocenters. The molecule has 0 fully saturated rings. The second-order valence-electron chi connectivity index (χ2n) is 3.39. The first-order valence-corrected chi connectivity index (χ1v) is 5.78. The van der Waals surface area contributed by atoms with Gasteiger partial charge < -0.3 is 10.5 Å². The van der Waals surface area contributed by atoms with E-state index in [1.807, 2.05) is 16.8 Å². The van der Waals surface area contributed by atoms with E-state index in [0.717, 1.165) is 5.56 Å². The van der Waals surface area contributed by atoms with E-state index in [-0.39, 0.29) is 18.2 Å². The van der Waals surface area contributed by atoms with E-state index in [1.165, 1.54) is 24.5 Å². The summed E-state index contributed by atoms with van der Waals surface area (Å²) in [5.41, 5.74) is 7.33. The third-order valence-electron chi connectivity index (χ3n) is 2.45. The molecule has 92 valence electrons. The van der Waals surface area contributed by atoms with Crippen LogP contribution in [0.15, 0.2) is 35.0 Å². The molecule has 0 saturated carbocycles. The van der Waals surface area contributed by atoms with Crippen molar-refractivity contribution in [3.63, 3.8) is 0 Å². The highest BCUT2D eigenvalue weighted by molar-refractivity contribution is 7.08. The minimum Gasteiger partial charge on any atom is -0.496 e. The van der Waals surface area contributed by atoms with Gasteiger partial charge in [-0.3, -0.25) is 0 Å². The van der Waals surface area contributed by atoms with Crippen molar-refractivity contribution in [3.05, 3.63) is 52.0 Å². The van der Waals surface area contributed by atoms with Gasteiger partial charge in [0, 0.05) is 0 Å². The number of rotatable bonds is 3. The maximum Gasteiger partial charge on any atom is 0.132 e. The average molecular weight is 274 g/mol. The van der Waals surface area contributed by atoms with Crippen LogP contribution in [0, 0.1) is 5.82 Å². The van der Waals surface area contributed by atoms with Crippen LogP contribution in [0.4, 0.5) is 4.39 Å². The van der Waals surface area contributed by atoms with Crippen molar-refractivity contribution in [2.45, 2.75) is 6.04 Å². The number of nitrogens with two attached hydrogens (primary N) is 1. The van der Waals surface area contributed by atoms with Crippen LogP contribution in [0.1, 0.15) is 17.2 Å². The summed E-state index contributed by atoms with van der Waals surface area (Å²) >= 11 is 1.54. The minimum atomic E-state index is -0.484. The van der Waals surface area contributed by atoms with E-state index in [2.05, 4.69) is 0 Å². The summed E-state index contributed by atoms with van der Waals surface area (Å²) in [6.07, 6.45) is 0. The summed E-state index contributed by atoms with van der Waals surface area (Å²) in [6.45, 7) is 0. The Hall–Kier alpha value is -1.10. The van der Waals surface area contributed by atoms with Crippen molar-refractivity contribution in [3.8, 4) is 5.75 Å². The molecule has 2 nitrogen and oxygen atoms in total. The molecule has 0 bridgehead atoms. The highest BCUT2D eigenvalue weighted by atomic mass is 35.5. The fourth-order valence-electron chi connectivity index (χ4n) is 1.62. The zero-order valence-corrected chi connectivity index (χ0v) is 10.9. The molecule has 0 aliphatic rings. The Labute approximate surface area is 110 Å². The summed E-state index contributed by atoms with van der Waals surface area (Å²) in [7, 11) is 1.51. The lowest BCUT2D eigenvalue weighted by Crippen LogP contribution is -2.14. The lowest BCUT2D eigenvalue weighted by atomic mass is 10.0. The summed E-state index contributed by atoms with van der Waals surface area (Å²) in [6, 6.07) is 6.12. The van der Waals surface area contributed by atoms with Crippen LogP contribution >= 0.6 is 23.7 Å². The molecule has 17 heavy (non-hydrogen) atoms. The van der Waals surface area contributed by atoms with Gasteiger partial charge in [0.1, 0.15) is 11.6 Å². The van der Waals surface area contributed by atoms with Gasteiger partial charge in [-0.05, 0) is 34.5 Å². The normalized spacial score (nSPS) is 11.7. The number of hydrogen-bond donors (Lipinski definition) is 1. The molecule has 1 aromatic carbocycles. The highest BCUT2D eigenvalue weighted by Gasteiger charge is 2.18. The second-order valence-corrected chi connectivity index (χ2v) is 4.17. The zero-order valence-electron chi connectivity index (χ0n) is 9.22. The maximum absolute atomic E-state index is 13.7. The Morgan fingerprint density at radius 1 is 1.35 bits per heavy atom. The Bertz CT molecular complexity index is 475. The number of thiophene rings is 1. The van der Waals surface area contributed by atoms with Gasteiger partial charge in [0.2, 0.25) is 0 Å². The number of ether oxygens (including phenoxy) is 1. The largest absolute Gasteiger partial charge is 0.496 e. The molecule has 1 aromatic heterocycles. The van der Waals surface area contributed by atoms with Gasteiger partial charge in [-0.1, -0.05) is 6.07 Å². The number of methoxy groups -OCH3 is 1. The van der Waals surface area contributed by atoms with Crippen LogP contribution in [0.3, 0.4) is 0 Å². The highest BCUT2D eigenvalue weighted by Crippen LogP contribution is 2.31. The van der Waals surface area contributed by atoms with Crippen LogP contribution in [0.5, 0.6) is 5.75 Å². The second kappa shape index (κ2) is 6.00. The molecular formula is C12H13ClFNOS. The summed E-state index contributed by atoms with van der Waals surface area (Å²) in [4.78, 5) is 0. The first-order chi connectivity index (χ1) is 7.74. The van der Waals surface area contributed by atoms with Gasteiger partial charge in [0.05, 0.1) is 18.7 Å². The fourth-order valence-corrected chi connectivity index (χ4v) is 2.31. The van der Waals surface area contributed by atoms with E-state index < -0.39 is 6.04 Å². The topological polar surface area (TPSA) is 35.2 Å². The van der Waals surface area contributed by atoms with Crippen molar-refractivity contribution in [1.29, 1.82) is 0 Å². The van der Waals surface area contributed by atoms with Gasteiger partial charge in [-0.2, -0.15) is 11.3 Å². The van der Waals surface area contributed by atoms with Crippen LogP contribution < -0.4 is 10.5 Å². The molecule has 1 heterocycles. The molecule has 0 unspecified atom stereocenters. The Balaban J connectivity index is 0.00000144. The zero-order chi connectivity index (χ0) is 11.5. The lowest BCUT2D eigenvalue weighted by molar-refractivity contribution is 0.402. The number of halogens is 2. The third-order valence-corrected chi connectivity index (χ3v) is 3.15. The van der Waals surface area contributed by atoms with Crippen LogP contribution in [0.25, 0.3) is 0 Å². The Kier molecular flexibility index (Phi) is 4.93. The first-order valence-electron chi connectivity index (χ1n) is 4.84. The summed E-state index contributed by atoms with van der Waals surface area (Å²) in [5.74, 6) is 0.150. The van der Waals surface area contributed by atoms with Crippen molar-refractivity contribution in [1.82, 2.24) is 0 Å². The molecule has 0 amide bonds. The molecule has 2 N–H and O–H groups in total. The monoisotopic (exact) mass is 273 g/mol. The van der Waals surface area contributed by atoms with Gasteiger partial charge in [-0.15, -0.1) is 12.4 Å². The first kappa shape index (κ1) is 14.0. The predicted octanol–water partition coefficient (Wildman–Crippen LogP) is 3.37. The van der Waals surface area contributed by atoms with E-state index in [9.17, 15) is 4.39 Å². The van der Waals surface area contributed by atoms with Gasteiger partial charge in [0.25, 0.3) is 0 Å². The summed E-state index contributed by atoms with van der Waals surface area (Å²) in [5, 5.41) is 3.83. The number of benzene rings is 1. The van der Waals surface area contributed by atoms with E-state index >= 15 is 0 Å². The van der Waals surface area contributed by atoms with Crippen LogP contribution in [-0.2, 0) is 0 Å². The fraction of sp³-hybridized carbons (Fsp3) is 0.167. The molecule has 2 rings (SSSR count). The average Bonchev–Trinajstić information content (AvgIpc) is 2.81. The van der Waals surface area contributed by atoms with Crippen LogP contribution in [-0.4, -0.2) is 7.11 Å². The predicted molar refractivity (Wildman–Crippen MR) is 70.5 cm³/mol. The van der Waals surface area contributed by atoms with Crippen molar-refractivity contribution in [2.75, 3.05) is 7.11 Å². The van der Waals surface area contributed by atoms with E-state index in [0.29, 0.717) is 11.3 Å². The van der Waals surface area contributed by atoms with Crippen molar-refractivity contribution in [2.24, 2.45) is 5.73 Å². The van der Waals surface area contributed by atoms with Gasteiger partial charge in [-0.25, -0.2) is 4.39 Å². The Morgan fingerprint density at radius 3 is 2.71 bits per heavy atom. The van der Waals surface area contributed by atoms with Gasteiger partial charge in [0.15, 0.2) is 0 Å².